The monoisotopic (exact) mass is 683 g/mol. The summed E-state index contributed by atoms with van der Waals surface area (Å²) >= 11 is 9.65. The van der Waals surface area contributed by atoms with Gasteiger partial charge < -0.3 is 15.0 Å². The zero-order chi connectivity index (χ0) is 32.6. The normalized spacial score (nSPS) is 13.2. The summed E-state index contributed by atoms with van der Waals surface area (Å²) < 4.78 is 36.4. The number of fused-ring (bicyclic) bond motifs is 2. The van der Waals surface area contributed by atoms with Crippen molar-refractivity contribution < 1.29 is 13.2 Å². The highest BCUT2D eigenvalue weighted by atomic mass is 35.5. The molecule has 5 aromatic rings. The number of rotatable bonds is 11. The van der Waals surface area contributed by atoms with Gasteiger partial charge in [0.25, 0.3) is 0 Å². The first-order valence-electron chi connectivity index (χ1n) is 14.5. The molecule has 0 saturated heterocycles. The lowest BCUT2D eigenvalue weighted by molar-refractivity contribution is 0.306. The van der Waals surface area contributed by atoms with Gasteiger partial charge in [0.15, 0.2) is 0 Å². The van der Waals surface area contributed by atoms with Crippen LogP contribution < -0.4 is 15.6 Å². The first kappa shape index (κ1) is 33.3. The smallest absolute Gasteiger partial charge is 0.318 e. The van der Waals surface area contributed by atoms with Crippen LogP contribution in [0.1, 0.15) is 57.3 Å². The van der Waals surface area contributed by atoms with Crippen molar-refractivity contribution in [3.8, 4) is 5.75 Å². The van der Waals surface area contributed by atoms with Crippen LogP contribution in [0.2, 0.25) is 5.02 Å². The highest BCUT2D eigenvalue weighted by molar-refractivity contribution is 8.00. The summed E-state index contributed by atoms with van der Waals surface area (Å²) in [6.45, 7) is 11.7. The Morgan fingerprint density at radius 2 is 1.78 bits per heavy atom. The Morgan fingerprint density at radius 3 is 2.44 bits per heavy atom. The van der Waals surface area contributed by atoms with E-state index in [1.807, 2.05) is 48.5 Å². The number of para-hydroxylation sites is 1. The second-order valence-corrected chi connectivity index (χ2v) is 17.5. The van der Waals surface area contributed by atoms with Gasteiger partial charge in [-0.3, -0.25) is 0 Å². The van der Waals surface area contributed by atoms with E-state index in [1.165, 1.54) is 0 Å². The molecule has 0 aliphatic heterocycles. The minimum absolute atomic E-state index is 0.0154. The Hall–Kier alpha value is -3.09. The van der Waals surface area contributed by atoms with Gasteiger partial charge in [-0.1, -0.05) is 70.5 Å². The van der Waals surface area contributed by atoms with E-state index < -0.39 is 15.6 Å². The number of halogens is 1. The van der Waals surface area contributed by atoms with Crippen molar-refractivity contribution in [3.63, 3.8) is 0 Å². The van der Waals surface area contributed by atoms with Crippen LogP contribution in [0.5, 0.6) is 5.75 Å². The molecule has 0 fully saturated rings. The number of amidine groups is 1. The maximum Gasteiger partial charge on any atom is 0.318 e. The number of nitrogens with two attached hydrogens (primary N) is 2. The van der Waals surface area contributed by atoms with Gasteiger partial charge in [-0.15, -0.1) is 27.5 Å². The number of nitrogens with zero attached hydrogens (tertiary/aromatic N) is 3. The van der Waals surface area contributed by atoms with Gasteiger partial charge in [0, 0.05) is 44.2 Å². The molecule has 0 amide bonds. The lowest BCUT2D eigenvalue weighted by Gasteiger charge is -2.27. The molecule has 45 heavy (non-hydrogen) atoms. The van der Waals surface area contributed by atoms with E-state index in [2.05, 4.69) is 61.8 Å². The number of hydrogen-bond donors (Lipinski definition) is 2. The molecule has 8 nitrogen and oxygen atoms in total. The zero-order valence-corrected chi connectivity index (χ0v) is 29.2. The Bertz CT molecular complexity index is 1940. The third-order valence-electron chi connectivity index (χ3n) is 7.00. The summed E-state index contributed by atoms with van der Waals surface area (Å²) in [6.07, 6.45) is 0.860. The number of ether oxygens (including phenoxy) is 1. The van der Waals surface area contributed by atoms with Crippen molar-refractivity contribution >= 4 is 71.9 Å². The minimum Gasteiger partial charge on any atom is -0.486 e. The molecule has 4 N–H and O–H groups in total. The van der Waals surface area contributed by atoms with Crippen LogP contribution in [-0.4, -0.2) is 28.6 Å². The van der Waals surface area contributed by atoms with Gasteiger partial charge in [-0.25, -0.2) is 10.1 Å². The molecule has 0 radical (unpaired) electrons. The summed E-state index contributed by atoms with van der Waals surface area (Å²) in [5.74, 6) is 0.745. The average molecular weight is 684 g/mol. The van der Waals surface area contributed by atoms with Crippen LogP contribution in [0.25, 0.3) is 21.1 Å². The average Bonchev–Trinajstić information content (AvgIpc) is 3.45. The molecule has 2 heterocycles. The number of hydrogen-bond acceptors (Lipinski definition) is 6. The molecule has 0 spiro atoms. The van der Waals surface area contributed by atoms with Crippen molar-refractivity contribution in [1.29, 1.82) is 0 Å². The van der Waals surface area contributed by atoms with E-state index in [4.69, 9.17) is 32.2 Å². The Kier molecular flexibility index (Phi) is 9.58. The number of benzene rings is 3. The summed E-state index contributed by atoms with van der Waals surface area (Å²) in [6, 6.07) is 22.2. The SMILES string of the molecule is CC(C)(C/C(N)=N/S(N)(=O)=O)Cc1c(SC(C)(C)C)c2cc(OCc3nc4ccccc4s3)ccc2n1Cc1ccc(Cl)cc1. The highest BCUT2D eigenvalue weighted by Crippen LogP contribution is 2.44. The fourth-order valence-corrected chi connectivity index (χ4v) is 7.91. The minimum atomic E-state index is -4.09. The first-order chi connectivity index (χ1) is 21.1. The molecule has 0 bridgehead atoms. The lowest BCUT2D eigenvalue weighted by Crippen LogP contribution is -2.28. The van der Waals surface area contributed by atoms with Gasteiger partial charge in [-0.05, 0) is 59.9 Å². The highest BCUT2D eigenvalue weighted by Gasteiger charge is 2.29. The van der Waals surface area contributed by atoms with Crippen LogP contribution in [0, 0.1) is 5.41 Å². The third-order valence-corrected chi connectivity index (χ3v) is 10.0. The summed E-state index contributed by atoms with van der Waals surface area (Å²) in [4.78, 5) is 5.87. The van der Waals surface area contributed by atoms with Crippen LogP contribution >= 0.6 is 34.7 Å². The van der Waals surface area contributed by atoms with Gasteiger partial charge >= 0.3 is 10.2 Å². The van der Waals surface area contributed by atoms with E-state index in [0.717, 1.165) is 48.0 Å². The molecule has 12 heteroatoms. The second kappa shape index (κ2) is 13.0. The van der Waals surface area contributed by atoms with E-state index in [9.17, 15) is 8.42 Å². The van der Waals surface area contributed by atoms with E-state index in [-0.39, 0.29) is 17.0 Å². The number of thioether (sulfide) groups is 1. The summed E-state index contributed by atoms with van der Waals surface area (Å²) in [5.41, 5.74) is 9.89. The fourth-order valence-electron chi connectivity index (χ4n) is 5.32. The van der Waals surface area contributed by atoms with Crippen molar-refractivity contribution in [2.45, 2.75) is 70.3 Å². The van der Waals surface area contributed by atoms with E-state index in [0.29, 0.717) is 24.6 Å². The predicted octanol–water partition coefficient (Wildman–Crippen LogP) is 7.94. The molecule has 0 unspecified atom stereocenters. The zero-order valence-electron chi connectivity index (χ0n) is 26.0. The molecular formula is C33H38ClN5O3S3. The first-order valence-corrected chi connectivity index (χ1v) is 18.0. The standard InChI is InChI=1S/C33H38ClN5O3S3/c1-32(2,3)44-31-24-16-23(42-20-30-37-25-8-6-7-9-28(25)43-30)14-15-26(24)39(19-21-10-12-22(34)13-11-21)27(31)17-33(4,5)18-29(35)38-45(36,40)41/h6-16H,17-20H2,1-5H3,(H2,35,38)(H2,36,40,41). The Morgan fingerprint density at radius 1 is 1.07 bits per heavy atom. The van der Waals surface area contributed by atoms with Gasteiger partial charge in [0.05, 0.1) is 10.2 Å². The summed E-state index contributed by atoms with van der Waals surface area (Å²) in [7, 11) is -4.09. The molecule has 2 aromatic heterocycles. The fraction of sp³-hybridized carbons (Fsp3) is 0.333. The number of aromatic nitrogens is 2. The van der Waals surface area contributed by atoms with Gasteiger partial charge in [-0.2, -0.15) is 8.42 Å². The van der Waals surface area contributed by atoms with Gasteiger partial charge in [0.1, 0.15) is 23.2 Å². The molecule has 0 saturated carbocycles. The van der Waals surface area contributed by atoms with E-state index >= 15 is 0 Å². The Labute approximate surface area is 278 Å². The lowest BCUT2D eigenvalue weighted by atomic mass is 9.84. The van der Waals surface area contributed by atoms with E-state index in [1.54, 1.807) is 23.1 Å². The van der Waals surface area contributed by atoms with Crippen molar-refractivity contribution in [3.05, 3.63) is 88.0 Å². The maximum atomic E-state index is 11.6. The molecule has 238 valence electrons. The quantitative estimate of drug-likeness (QED) is 0.0827. The van der Waals surface area contributed by atoms with Gasteiger partial charge in [0.2, 0.25) is 0 Å². The molecule has 0 atom stereocenters. The molecular weight excluding hydrogens is 646 g/mol. The largest absolute Gasteiger partial charge is 0.486 e. The van der Waals surface area contributed by atoms with Crippen molar-refractivity contribution in [2.75, 3.05) is 0 Å². The van der Waals surface area contributed by atoms with Crippen LogP contribution in [-0.2, 0) is 29.8 Å². The predicted molar refractivity (Wildman–Crippen MR) is 189 cm³/mol. The molecule has 0 aliphatic carbocycles. The third kappa shape index (κ3) is 8.80. The molecule has 0 aliphatic rings. The molecule has 5 rings (SSSR count). The van der Waals surface area contributed by atoms with Crippen LogP contribution in [0.4, 0.5) is 0 Å². The molecule has 3 aromatic carbocycles. The topological polar surface area (TPSA) is 126 Å². The Balaban J connectivity index is 1.58. The van der Waals surface area contributed by atoms with Crippen molar-refractivity contribution in [1.82, 2.24) is 9.55 Å². The second-order valence-electron chi connectivity index (χ2n) is 12.9. The number of thiazole rings is 1. The maximum absolute atomic E-state index is 11.6. The van der Waals surface area contributed by atoms with Crippen molar-refractivity contribution in [2.24, 2.45) is 20.7 Å². The van der Waals surface area contributed by atoms with Crippen LogP contribution in [0.15, 0.2) is 76.0 Å². The van der Waals surface area contributed by atoms with Crippen LogP contribution in [0.3, 0.4) is 0 Å². The summed E-state index contributed by atoms with van der Waals surface area (Å²) in [5, 5.41) is 7.83.